The predicted octanol–water partition coefficient (Wildman–Crippen LogP) is 0.434. The molecule has 2 saturated heterocycles. The highest BCUT2D eigenvalue weighted by atomic mass is 16.5. The van der Waals surface area contributed by atoms with Crippen LogP contribution in [0.4, 0.5) is 0 Å². The summed E-state index contributed by atoms with van der Waals surface area (Å²) >= 11 is 0. The third kappa shape index (κ3) is 2.82. The van der Waals surface area contributed by atoms with Crippen LogP contribution in [-0.2, 0) is 25.7 Å². The molecule has 3 heterocycles. The molecular formula is C18H26N4O4. The van der Waals surface area contributed by atoms with E-state index in [0.717, 1.165) is 4.90 Å². The van der Waals surface area contributed by atoms with Gasteiger partial charge in [0.2, 0.25) is 11.8 Å². The van der Waals surface area contributed by atoms with E-state index in [1.54, 1.807) is 10.9 Å². The molecule has 8 nitrogen and oxygen atoms in total. The molecule has 4 atom stereocenters. The number of carbonyl (C=O) groups is 3. The Bertz CT molecular complexity index is 702. The molecule has 1 N–H and O–H groups in total. The first-order valence-corrected chi connectivity index (χ1v) is 8.96. The monoisotopic (exact) mass is 362 g/mol. The first-order chi connectivity index (χ1) is 12.3. The van der Waals surface area contributed by atoms with Crippen LogP contribution in [0.2, 0.25) is 0 Å². The van der Waals surface area contributed by atoms with Gasteiger partial charge < -0.3 is 4.74 Å². The summed E-state index contributed by atoms with van der Waals surface area (Å²) in [6, 6.07) is 1.55. The molecule has 0 radical (unpaired) electrons. The fourth-order valence-electron chi connectivity index (χ4n) is 4.51. The van der Waals surface area contributed by atoms with Crippen LogP contribution in [0, 0.1) is 17.8 Å². The summed E-state index contributed by atoms with van der Waals surface area (Å²) < 4.78 is 6.84. The van der Waals surface area contributed by atoms with Crippen LogP contribution in [-0.4, -0.2) is 58.2 Å². The number of fused-ring (bicyclic) bond motifs is 1. The van der Waals surface area contributed by atoms with Crippen molar-refractivity contribution in [1.82, 2.24) is 20.0 Å². The van der Waals surface area contributed by atoms with Crippen LogP contribution in [0.5, 0.6) is 0 Å². The number of aromatic nitrogens is 2. The second kappa shape index (κ2) is 6.83. The quantitative estimate of drug-likeness (QED) is 0.583. The molecule has 0 saturated carbocycles. The molecule has 3 rings (SSSR count). The van der Waals surface area contributed by atoms with Crippen molar-refractivity contribution in [3.63, 3.8) is 0 Å². The lowest BCUT2D eigenvalue weighted by atomic mass is 9.75. The SMILES string of the molecule is COC(=O)[C@]1(CC(C)C)N[C@H](CCn2cccn2)[C@@H]2C(=O)N(C)C(=O)[C@@H]21. The molecule has 1 aromatic heterocycles. The van der Waals surface area contributed by atoms with Gasteiger partial charge in [-0.15, -0.1) is 0 Å². The lowest BCUT2D eigenvalue weighted by Gasteiger charge is -2.33. The molecule has 0 unspecified atom stereocenters. The Kier molecular flexibility index (Phi) is 4.88. The normalized spacial score (nSPS) is 31.0. The Balaban J connectivity index is 1.95. The zero-order valence-corrected chi connectivity index (χ0v) is 15.6. The van der Waals surface area contributed by atoms with E-state index in [0.29, 0.717) is 19.4 Å². The number of aryl methyl sites for hydroxylation is 1. The van der Waals surface area contributed by atoms with Gasteiger partial charge in [-0.05, 0) is 24.8 Å². The number of hydrogen-bond donors (Lipinski definition) is 1. The first kappa shape index (κ1) is 18.6. The Morgan fingerprint density at radius 1 is 1.38 bits per heavy atom. The zero-order chi connectivity index (χ0) is 19.1. The van der Waals surface area contributed by atoms with Gasteiger partial charge in [-0.1, -0.05) is 13.8 Å². The van der Waals surface area contributed by atoms with Gasteiger partial charge in [0, 0.05) is 32.0 Å². The third-order valence-electron chi connectivity index (χ3n) is 5.49. The van der Waals surface area contributed by atoms with Crippen molar-refractivity contribution in [2.24, 2.45) is 17.8 Å². The number of amides is 2. The van der Waals surface area contributed by atoms with E-state index >= 15 is 0 Å². The Labute approximate surface area is 152 Å². The molecule has 1 aromatic rings. The highest BCUT2D eigenvalue weighted by Gasteiger charge is 2.67. The summed E-state index contributed by atoms with van der Waals surface area (Å²) in [7, 11) is 2.81. The summed E-state index contributed by atoms with van der Waals surface area (Å²) in [6.45, 7) is 4.57. The number of imide groups is 1. The van der Waals surface area contributed by atoms with Crippen LogP contribution in [0.1, 0.15) is 26.7 Å². The molecule has 0 aromatic carbocycles. The molecule has 0 aliphatic carbocycles. The molecule has 8 heteroatoms. The summed E-state index contributed by atoms with van der Waals surface area (Å²) in [5.41, 5.74) is -1.17. The summed E-state index contributed by atoms with van der Waals surface area (Å²) in [4.78, 5) is 39.5. The van der Waals surface area contributed by atoms with Gasteiger partial charge in [-0.2, -0.15) is 5.10 Å². The Morgan fingerprint density at radius 2 is 2.12 bits per heavy atom. The first-order valence-electron chi connectivity index (χ1n) is 8.96. The maximum absolute atomic E-state index is 12.8. The van der Waals surface area contributed by atoms with Crippen molar-refractivity contribution in [3.05, 3.63) is 18.5 Å². The topological polar surface area (TPSA) is 93.5 Å². The number of carbonyl (C=O) groups excluding carboxylic acids is 3. The second-order valence-electron chi connectivity index (χ2n) is 7.61. The molecule has 26 heavy (non-hydrogen) atoms. The van der Waals surface area contributed by atoms with Crippen LogP contribution in [0.25, 0.3) is 0 Å². The van der Waals surface area contributed by atoms with E-state index in [-0.39, 0.29) is 23.8 Å². The number of esters is 1. The van der Waals surface area contributed by atoms with Crippen LogP contribution in [0.15, 0.2) is 18.5 Å². The standard InChI is InChI=1S/C18H26N4O4/c1-11(2)10-18(17(25)26-4)14-13(15(23)21(3)16(14)24)12(20-18)6-9-22-8-5-7-19-22/h5,7-8,11-14,20H,6,9-10H2,1-4H3/t12-,13+,14-,18-/m1/s1. The van der Waals surface area contributed by atoms with Gasteiger partial charge >= 0.3 is 5.97 Å². The highest BCUT2D eigenvalue weighted by Crippen LogP contribution is 2.46. The van der Waals surface area contributed by atoms with E-state index in [4.69, 9.17) is 4.74 Å². The van der Waals surface area contributed by atoms with Crippen molar-refractivity contribution in [2.75, 3.05) is 14.2 Å². The Morgan fingerprint density at radius 3 is 2.69 bits per heavy atom. The molecule has 142 valence electrons. The zero-order valence-electron chi connectivity index (χ0n) is 15.6. The predicted molar refractivity (Wildman–Crippen MR) is 92.7 cm³/mol. The largest absolute Gasteiger partial charge is 0.468 e. The minimum Gasteiger partial charge on any atom is -0.468 e. The highest BCUT2D eigenvalue weighted by molar-refractivity contribution is 6.09. The van der Waals surface area contributed by atoms with Gasteiger partial charge in [0.05, 0.1) is 18.9 Å². The third-order valence-corrected chi connectivity index (χ3v) is 5.49. The van der Waals surface area contributed by atoms with E-state index in [9.17, 15) is 14.4 Å². The van der Waals surface area contributed by atoms with Gasteiger partial charge in [-0.3, -0.25) is 29.3 Å². The van der Waals surface area contributed by atoms with E-state index in [1.165, 1.54) is 14.2 Å². The van der Waals surface area contributed by atoms with Crippen LogP contribution >= 0.6 is 0 Å². The van der Waals surface area contributed by atoms with Crippen molar-refractivity contribution < 1.29 is 19.1 Å². The minimum atomic E-state index is -1.17. The number of likely N-dealkylation sites (tertiary alicyclic amines) is 1. The Hall–Kier alpha value is -2.22. The van der Waals surface area contributed by atoms with E-state index in [2.05, 4.69) is 10.4 Å². The van der Waals surface area contributed by atoms with Crippen molar-refractivity contribution in [2.45, 2.75) is 44.8 Å². The molecule has 2 aliphatic heterocycles. The number of nitrogens with one attached hydrogen (secondary N) is 1. The second-order valence-corrected chi connectivity index (χ2v) is 7.61. The summed E-state index contributed by atoms with van der Waals surface area (Å²) in [5, 5.41) is 7.53. The molecule has 2 amide bonds. The lowest BCUT2D eigenvalue weighted by molar-refractivity contribution is -0.154. The summed E-state index contributed by atoms with van der Waals surface area (Å²) in [6.07, 6.45) is 4.57. The van der Waals surface area contributed by atoms with Crippen LogP contribution < -0.4 is 5.32 Å². The van der Waals surface area contributed by atoms with Gasteiger partial charge in [0.1, 0.15) is 5.54 Å². The number of hydrogen-bond acceptors (Lipinski definition) is 6. The van der Waals surface area contributed by atoms with Gasteiger partial charge in [0.25, 0.3) is 0 Å². The lowest BCUT2D eigenvalue weighted by Crippen LogP contribution is -2.57. The summed E-state index contributed by atoms with van der Waals surface area (Å²) in [5.74, 6) is -2.13. The molecule has 2 aliphatic rings. The molecule has 0 bridgehead atoms. The average Bonchev–Trinajstić information content (AvgIpc) is 3.27. The smallest absolute Gasteiger partial charge is 0.326 e. The molecule has 2 fully saturated rings. The van der Waals surface area contributed by atoms with Gasteiger partial charge in [-0.25, -0.2) is 0 Å². The van der Waals surface area contributed by atoms with E-state index in [1.807, 2.05) is 26.1 Å². The molecular weight excluding hydrogens is 336 g/mol. The maximum Gasteiger partial charge on any atom is 0.326 e. The maximum atomic E-state index is 12.8. The molecule has 0 spiro atoms. The van der Waals surface area contributed by atoms with Crippen LogP contribution in [0.3, 0.4) is 0 Å². The van der Waals surface area contributed by atoms with Gasteiger partial charge in [0.15, 0.2) is 0 Å². The fraction of sp³-hybridized carbons (Fsp3) is 0.667. The van der Waals surface area contributed by atoms with E-state index < -0.39 is 23.3 Å². The van der Waals surface area contributed by atoms with Crippen molar-refractivity contribution >= 4 is 17.8 Å². The van der Waals surface area contributed by atoms with Crippen molar-refractivity contribution in [1.29, 1.82) is 0 Å². The number of rotatable bonds is 6. The number of nitrogens with zero attached hydrogens (tertiary/aromatic N) is 3. The minimum absolute atomic E-state index is 0.154. The van der Waals surface area contributed by atoms with Crippen molar-refractivity contribution in [3.8, 4) is 0 Å². The number of ether oxygens (including phenoxy) is 1. The number of methoxy groups -OCH3 is 1. The fourth-order valence-corrected chi connectivity index (χ4v) is 4.51. The average molecular weight is 362 g/mol.